The fourth-order valence-corrected chi connectivity index (χ4v) is 1.37. The van der Waals surface area contributed by atoms with Gasteiger partial charge in [-0.2, -0.15) is 0 Å². The number of furan rings is 1. The molecule has 0 aliphatic heterocycles. The molecule has 15 heavy (non-hydrogen) atoms. The molecule has 4 heteroatoms. The van der Waals surface area contributed by atoms with Gasteiger partial charge in [-0.25, -0.2) is 0 Å². The molecule has 0 amide bonds. The molecule has 0 saturated heterocycles. The topological polar surface area (TPSA) is 42.7 Å². The molecule has 1 heterocycles. The van der Waals surface area contributed by atoms with Crippen LogP contribution in [0, 0.1) is 0 Å². The molecule has 0 aliphatic rings. The van der Waals surface area contributed by atoms with E-state index in [1.54, 1.807) is 19.2 Å². The summed E-state index contributed by atoms with van der Waals surface area (Å²) in [5.41, 5.74) is 0. The van der Waals surface area contributed by atoms with Crippen molar-refractivity contribution in [2.75, 3.05) is 25.2 Å². The number of ether oxygens (including phenoxy) is 1. The molecule has 0 aromatic carbocycles. The highest BCUT2D eigenvalue weighted by molar-refractivity contribution is 5.71. The summed E-state index contributed by atoms with van der Waals surface area (Å²) in [6, 6.07) is 3.79. The molecule has 0 N–H and O–H groups in total. The summed E-state index contributed by atoms with van der Waals surface area (Å²) in [7, 11) is 1.66. The maximum absolute atomic E-state index is 10.5. The lowest BCUT2D eigenvalue weighted by atomic mass is 10.3. The highest BCUT2D eigenvalue weighted by atomic mass is 16.5. The fraction of sp³-hybridized carbons (Fsp3) is 0.545. The Kier molecular flexibility index (Phi) is 4.37. The summed E-state index contributed by atoms with van der Waals surface area (Å²) in [5, 5.41) is 0. The highest BCUT2D eigenvalue weighted by Gasteiger charge is 2.13. The Morgan fingerprint density at radius 2 is 2.27 bits per heavy atom. The first kappa shape index (κ1) is 11.8. The minimum atomic E-state index is 0.311. The molecule has 0 saturated carbocycles. The standard InChI is InChI=1S/C11H17NO3/c1-9(2)12(6-7-14-3)11-5-4-10(8-13)15-11/h4-5,8-9H,6-7H2,1-3H3. The second-order valence-electron chi connectivity index (χ2n) is 3.57. The second-order valence-corrected chi connectivity index (χ2v) is 3.57. The van der Waals surface area contributed by atoms with E-state index >= 15 is 0 Å². The number of aldehydes is 1. The van der Waals surface area contributed by atoms with Gasteiger partial charge in [-0.1, -0.05) is 0 Å². The predicted octanol–water partition coefficient (Wildman–Crippen LogP) is 1.95. The Hall–Kier alpha value is -1.29. The summed E-state index contributed by atoms with van der Waals surface area (Å²) in [5.74, 6) is 1.07. The molecule has 1 rings (SSSR count). The third-order valence-corrected chi connectivity index (χ3v) is 2.17. The van der Waals surface area contributed by atoms with E-state index < -0.39 is 0 Å². The van der Waals surface area contributed by atoms with Crippen LogP contribution in [-0.2, 0) is 4.74 Å². The fourth-order valence-electron chi connectivity index (χ4n) is 1.37. The van der Waals surface area contributed by atoms with Crippen molar-refractivity contribution in [3.8, 4) is 0 Å². The molecule has 1 aromatic heterocycles. The third kappa shape index (κ3) is 3.09. The molecule has 0 bridgehead atoms. The molecular weight excluding hydrogens is 194 g/mol. The number of carbonyl (C=O) groups is 1. The van der Waals surface area contributed by atoms with Crippen LogP contribution in [0.25, 0.3) is 0 Å². The van der Waals surface area contributed by atoms with E-state index in [0.717, 1.165) is 6.54 Å². The zero-order chi connectivity index (χ0) is 11.3. The number of anilines is 1. The third-order valence-electron chi connectivity index (χ3n) is 2.17. The van der Waals surface area contributed by atoms with Gasteiger partial charge < -0.3 is 14.1 Å². The Morgan fingerprint density at radius 1 is 1.53 bits per heavy atom. The van der Waals surface area contributed by atoms with Gasteiger partial charge in [0.15, 0.2) is 17.9 Å². The Labute approximate surface area is 89.8 Å². The number of hydrogen-bond acceptors (Lipinski definition) is 4. The first-order valence-corrected chi connectivity index (χ1v) is 4.99. The van der Waals surface area contributed by atoms with Crippen molar-refractivity contribution in [1.82, 2.24) is 0 Å². The zero-order valence-electron chi connectivity index (χ0n) is 9.40. The van der Waals surface area contributed by atoms with E-state index in [-0.39, 0.29) is 0 Å². The Morgan fingerprint density at radius 3 is 2.73 bits per heavy atom. The number of hydrogen-bond donors (Lipinski definition) is 0. The maximum atomic E-state index is 10.5. The van der Waals surface area contributed by atoms with Crippen LogP contribution in [0.1, 0.15) is 24.4 Å². The molecule has 84 valence electrons. The van der Waals surface area contributed by atoms with Gasteiger partial charge in [0.05, 0.1) is 6.61 Å². The summed E-state index contributed by atoms with van der Waals surface area (Å²) < 4.78 is 10.4. The number of rotatable bonds is 6. The average Bonchev–Trinajstić information content (AvgIpc) is 2.66. The lowest BCUT2D eigenvalue weighted by Crippen LogP contribution is -2.33. The summed E-state index contributed by atoms with van der Waals surface area (Å²) in [6.07, 6.45) is 0.707. The molecule has 4 nitrogen and oxygen atoms in total. The molecule has 0 fully saturated rings. The number of nitrogens with zero attached hydrogens (tertiary/aromatic N) is 1. The average molecular weight is 211 g/mol. The smallest absolute Gasteiger partial charge is 0.196 e. The van der Waals surface area contributed by atoms with E-state index in [1.165, 1.54) is 0 Å². The predicted molar refractivity (Wildman–Crippen MR) is 58.5 cm³/mol. The number of carbonyl (C=O) groups excluding carboxylic acids is 1. The van der Waals surface area contributed by atoms with Gasteiger partial charge in [-0.05, 0) is 19.9 Å². The molecule has 0 radical (unpaired) electrons. The first-order chi connectivity index (χ1) is 7.19. The van der Waals surface area contributed by atoms with Gasteiger partial charge in [0.2, 0.25) is 0 Å². The van der Waals surface area contributed by atoms with E-state index in [4.69, 9.17) is 9.15 Å². The van der Waals surface area contributed by atoms with Crippen molar-refractivity contribution in [2.45, 2.75) is 19.9 Å². The minimum absolute atomic E-state index is 0.311. The van der Waals surface area contributed by atoms with Gasteiger partial charge in [0.1, 0.15) is 0 Å². The van der Waals surface area contributed by atoms with Gasteiger partial charge in [0, 0.05) is 25.8 Å². The summed E-state index contributed by atoms with van der Waals surface area (Å²) >= 11 is 0. The summed E-state index contributed by atoms with van der Waals surface area (Å²) in [6.45, 7) is 5.52. The van der Waals surface area contributed by atoms with Crippen LogP contribution in [-0.4, -0.2) is 32.6 Å². The van der Waals surface area contributed by atoms with E-state index in [0.29, 0.717) is 30.6 Å². The normalized spacial score (nSPS) is 10.7. The van der Waals surface area contributed by atoms with Crippen LogP contribution >= 0.6 is 0 Å². The Bertz CT molecular complexity index is 307. The van der Waals surface area contributed by atoms with Gasteiger partial charge in [-0.15, -0.1) is 0 Å². The molecule has 0 aliphatic carbocycles. The Balaban J connectivity index is 2.74. The monoisotopic (exact) mass is 211 g/mol. The van der Waals surface area contributed by atoms with Crippen molar-refractivity contribution in [3.05, 3.63) is 17.9 Å². The zero-order valence-corrected chi connectivity index (χ0v) is 9.40. The van der Waals surface area contributed by atoms with Gasteiger partial charge in [-0.3, -0.25) is 4.79 Å². The van der Waals surface area contributed by atoms with E-state index in [2.05, 4.69) is 18.7 Å². The van der Waals surface area contributed by atoms with Crippen molar-refractivity contribution in [3.63, 3.8) is 0 Å². The van der Waals surface area contributed by atoms with Crippen LogP contribution < -0.4 is 4.90 Å². The van der Waals surface area contributed by atoms with Crippen molar-refractivity contribution >= 4 is 12.2 Å². The van der Waals surface area contributed by atoms with Gasteiger partial charge >= 0.3 is 0 Å². The molecule has 1 aromatic rings. The molecule has 0 atom stereocenters. The SMILES string of the molecule is COCCN(c1ccc(C=O)o1)C(C)C. The maximum Gasteiger partial charge on any atom is 0.196 e. The quantitative estimate of drug-likeness (QED) is 0.674. The largest absolute Gasteiger partial charge is 0.438 e. The van der Waals surface area contributed by atoms with Crippen LogP contribution in [0.4, 0.5) is 5.88 Å². The van der Waals surface area contributed by atoms with Crippen LogP contribution in [0.5, 0.6) is 0 Å². The molecule has 0 spiro atoms. The lowest BCUT2D eigenvalue weighted by molar-refractivity contribution is 0.110. The van der Waals surface area contributed by atoms with Crippen molar-refractivity contribution < 1.29 is 13.9 Å². The van der Waals surface area contributed by atoms with Crippen LogP contribution in [0.15, 0.2) is 16.5 Å². The first-order valence-electron chi connectivity index (χ1n) is 4.99. The minimum Gasteiger partial charge on any atom is -0.438 e. The number of methoxy groups -OCH3 is 1. The van der Waals surface area contributed by atoms with E-state index in [9.17, 15) is 4.79 Å². The molecular formula is C11H17NO3. The summed E-state index contributed by atoms with van der Waals surface area (Å²) in [4.78, 5) is 12.5. The highest BCUT2D eigenvalue weighted by Crippen LogP contribution is 2.19. The van der Waals surface area contributed by atoms with Crippen LogP contribution in [0.3, 0.4) is 0 Å². The van der Waals surface area contributed by atoms with Gasteiger partial charge in [0.25, 0.3) is 0 Å². The lowest BCUT2D eigenvalue weighted by Gasteiger charge is -2.25. The van der Waals surface area contributed by atoms with Crippen LogP contribution in [0.2, 0.25) is 0 Å². The molecule has 0 unspecified atom stereocenters. The van der Waals surface area contributed by atoms with Crippen molar-refractivity contribution in [1.29, 1.82) is 0 Å². The second kappa shape index (κ2) is 5.56. The van der Waals surface area contributed by atoms with Crippen molar-refractivity contribution in [2.24, 2.45) is 0 Å². The van der Waals surface area contributed by atoms with E-state index in [1.807, 2.05) is 0 Å².